The molecular weight excluding hydrogens is 322 g/mol. The first-order valence-corrected chi connectivity index (χ1v) is 7.37. The normalized spacial score (nSPS) is 10.5. The van der Waals surface area contributed by atoms with E-state index in [1.54, 1.807) is 6.92 Å². The Morgan fingerprint density at radius 3 is 2.62 bits per heavy atom. The summed E-state index contributed by atoms with van der Waals surface area (Å²) in [4.78, 5) is 22.0. The Labute approximate surface area is 137 Å². The Kier molecular flexibility index (Phi) is 6.06. The number of hydrogen-bond acceptors (Lipinski definition) is 5. The number of hydrogen-bond donors (Lipinski definition) is 0. The summed E-state index contributed by atoms with van der Waals surface area (Å²) in [6.45, 7) is 1.93. The molecule has 0 radical (unpaired) electrons. The number of ether oxygens (including phenoxy) is 2. The van der Waals surface area contributed by atoms with E-state index in [1.165, 1.54) is 12.3 Å². The van der Waals surface area contributed by atoms with Gasteiger partial charge in [-0.1, -0.05) is 0 Å². The third-order valence-corrected chi connectivity index (χ3v) is 3.16. The standard InChI is InChI=1S/C17H16F2O5/c1-2-22-15(21)4-3-6-23-17-13(18)8-12(9-14(17)19)16-11(10-20)5-7-24-16/h5,7-10H,2-4,6H2,1H3. The van der Waals surface area contributed by atoms with Gasteiger partial charge in [0, 0.05) is 12.0 Å². The molecule has 0 aliphatic carbocycles. The van der Waals surface area contributed by atoms with Gasteiger partial charge in [-0.2, -0.15) is 0 Å². The van der Waals surface area contributed by atoms with Crippen LogP contribution in [0.1, 0.15) is 30.1 Å². The molecule has 0 N–H and O–H groups in total. The zero-order valence-electron chi connectivity index (χ0n) is 13.0. The van der Waals surface area contributed by atoms with Gasteiger partial charge in [0.25, 0.3) is 0 Å². The zero-order valence-corrected chi connectivity index (χ0v) is 13.0. The second kappa shape index (κ2) is 8.24. The van der Waals surface area contributed by atoms with Gasteiger partial charge in [0.2, 0.25) is 0 Å². The van der Waals surface area contributed by atoms with Crippen molar-refractivity contribution in [1.29, 1.82) is 0 Å². The maximum absolute atomic E-state index is 14.1. The van der Waals surface area contributed by atoms with Crippen molar-refractivity contribution in [3.8, 4) is 17.1 Å². The van der Waals surface area contributed by atoms with Gasteiger partial charge in [0.15, 0.2) is 23.7 Å². The highest BCUT2D eigenvalue weighted by Gasteiger charge is 2.17. The minimum absolute atomic E-state index is 0.0354. The molecule has 0 atom stereocenters. The molecule has 0 saturated heterocycles. The molecular formula is C17H16F2O5. The molecule has 0 fully saturated rings. The van der Waals surface area contributed by atoms with Crippen LogP contribution in [-0.2, 0) is 9.53 Å². The van der Waals surface area contributed by atoms with Gasteiger partial charge in [-0.05, 0) is 31.5 Å². The molecule has 0 amide bonds. The van der Waals surface area contributed by atoms with Gasteiger partial charge >= 0.3 is 5.97 Å². The van der Waals surface area contributed by atoms with E-state index in [-0.39, 0.29) is 42.9 Å². The topological polar surface area (TPSA) is 65.7 Å². The summed E-state index contributed by atoms with van der Waals surface area (Å²) in [5.41, 5.74) is 0.285. The summed E-state index contributed by atoms with van der Waals surface area (Å²) >= 11 is 0. The fraction of sp³-hybridized carbons (Fsp3) is 0.294. The zero-order chi connectivity index (χ0) is 17.5. The van der Waals surface area contributed by atoms with E-state index in [4.69, 9.17) is 13.9 Å². The van der Waals surface area contributed by atoms with Crippen molar-refractivity contribution in [1.82, 2.24) is 0 Å². The third-order valence-electron chi connectivity index (χ3n) is 3.16. The van der Waals surface area contributed by atoms with E-state index >= 15 is 0 Å². The number of furan rings is 1. The summed E-state index contributed by atoms with van der Waals surface area (Å²) in [6.07, 6.45) is 2.17. The van der Waals surface area contributed by atoms with Crippen LogP contribution in [0.15, 0.2) is 28.9 Å². The fourth-order valence-corrected chi connectivity index (χ4v) is 2.10. The molecule has 0 unspecified atom stereocenters. The van der Waals surface area contributed by atoms with Crippen LogP contribution in [0.4, 0.5) is 8.78 Å². The largest absolute Gasteiger partial charge is 0.488 e. The maximum Gasteiger partial charge on any atom is 0.305 e. The predicted molar refractivity (Wildman–Crippen MR) is 80.8 cm³/mol. The minimum Gasteiger partial charge on any atom is -0.488 e. The van der Waals surface area contributed by atoms with Crippen molar-refractivity contribution in [3.63, 3.8) is 0 Å². The Bertz CT molecular complexity index is 701. The average Bonchev–Trinajstić information content (AvgIpc) is 3.02. The van der Waals surface area contributed by atoms with E-state index in [2.05, 4.69) is 0 Å². The highest BCUT2D eigenvalue weighted by molar-refractivity contribution is 5.85. The van der Waals surface area contributed by atoms with E-state index in [9.17, 15) is 18.4 Å². The number of rotatable bonds is 8. The first-order valence-electron chi connectivity index (χ1n) is 7.37. The number of halogens is 2. The SMILES string of the molecule is CCOC(=O)CCCOc1c(F)cc(-c2occc2C=O)cc1F. The number of esters is 1. The van der Waals surface area contributed by atoms with Gasteiger partial charge in [-0.15, -0.1) is 0 Å². The summed E-state index contributed by atoms with van der Waals surface area (Å²) < 4.78 is 43.0. The van der Waals surface area contributed by atoms with Crippen molar-refractivity contribution in [2.45, 2.75) is 19.8 Å². The highest BCUT2D eigenvalue weighted by atomic mass is 19.1. The molecule has 0 aliphatic heterocycles. The quantitative estimate of drug-likeness (QED) is 0.416. The Balaban J connectivity index is 2.05. The van der Waals surface area contributed by atoms with Crippen LogP contribution in [0.5, 0.6) is 5.75 Å². The summed E-state index contributed by atoms with van der Waals surface area (Å²) in [7, 11) is 0. The smallest absolute Gasteiger partial charge is 0.305 e. The number of aldehydes is 1. The van der Waals surface area contributed by atoms with Crippen molar-refractivity contribution in [3.05, 3.63) is 41.7 Å². The van der Waals surface area contributed by atoms with Crippen molar-refractivity contribution in [2.75, 3.05) is 13.2 Å². The van der Waals surface area contributed by atoms with Crippen LogP contribution in [0.25, 0.3) is 11.3 Å². The van der Waals surface area contributed by atoms with Gasteiger partial charge in [-0.25, -0.2) is 8.78 Å². The molecule has 24 heavy (non-hydrogen) atoms. The lowest BCUT2D eigenvalue weighted by molar-refractivity contribution is -0.143. The molecule has 2 rings (SSSR count). The van der Waals surface area contributed by atoms with Crippen molar-refractivity contribution < 1.29 is 32.3 Å². The second-order valence-corrected chi connectivity index (χ2v) is 4.85. The summed E-state index contributed by atoms with van der Waals surface area (Å²) in [6, 6.07) is 3.45. The third kappa shape index (κ3) is 4.18. The molecule has 1 aromatic carbocycles. The monoisotopic (exact) mass is 338 g/mol. The van der Waals surface area contributed by atoms with E-state index in [1.807, 2.05) is 0 Å². The van der Waals surface area contributed by atoms with Crippen LogP contribution < -0.4 is 4.74 Å². The van der Waals surface area contributed by atoms with Crippen LogP contribution in [0.2, 0.25) is 0 Å². The lowest BCUT2D eigenvalue weighted by Gasteiger charge is -2.09. The van der Waals surface area contributed by atoms with Crippen molar-refractivity contribution in [2.24, 2.45) is 0 Å². The van der Waals surface area contributed by atoms with E-state index in [0.29, 0.717) is 6.29 Å². The fourth-order valence-electron chi connectivity index (χ4n) is 2.10. The molecule has 0 spiro atoms. The van der Waals surface area contributed by atoms with Gasteiger partial charge in [0.05, 0.1) is 25.0 Å². The minimum atomic E-state index is -0.922. The van der Waals surface area contributed by atoms with Crippen LogP contribution in [0, 0.1) is 11.6 Å². The molecule has 5 nitrogen and oxygen atoms in total. The Hall–Kier alpha value is -2.70. The molecule has 2 aromatic rings. The molecule has 1 aromatic heterocycles. The predicted octanol–water partition coefficient (Wildman–Crippen LogP) is 3.76. The van der Waals surface area contributed by atoms with Gasteiger partial charge in [-0.3, -0.25) is 9.59 Å². The van der Waals surface area contributed by atoms with Crippen LogP contribution >= 0.6 is 0 Å². The van der Waals surface area contributed by atoms with Crippen LogP contribution in [-0.4, -0.2) is 25.5 Å². The maximum atomic E-state index is 14.1. The van der Waals surface area contributed by atoms with E-state index in [0.717, 1.165) is 12.1 Å². The van der Waals surface area contributed by atoms with Crippen molar-refractivity contribution >= 4 is 12.3 Å². The first kappa shape index (κ1) is 17.7. The second-order valence-electron chi connectivity index (χ2n) is 4.85. The lowest BCUT2D eigenvalue weighted by atomic mass is 10.1. The highest BCUT2D eigenvalue weighted by Crippen LogP contribution is 2.31. The first-order chi connectivity index (χ1) is 11.6. The van der Waals surface area contributed by atoms with E-state index < -0.39 is 23.4 Å². The number of carbonyl (C=O) groups excluding carboxylic acids is 2. The Morgan fingerprint density at radius 1 is 1.29 bits per heavy atom. The molecule has 0 bridgehead atoms. The van der Waals surface area contributed by atoms with Gasteiger partial charge in [0.1, 0.15) is 5.76 Å². The van der Waals surface area contributed by atoms with Crippen LogP contribution in [0.3, 0.4) is 0 Å². The Morgan fingerprint density at radius 2 is 2.00 bits per heavy atom. The molecule has 128 valence electrons. The lowest BCUT2D eigenvalue weighted by Crippen LogP contribution is -2.08. The molecule has 7 heteroatoms. The summed E-state index contributed by atoms with van der Waals surface area (Å²) in [5.74, 6) is -2.70. The van der Waals surface area contributed by atoms with Gasteiger partial charge < -0.3 is 13.9 Å². The molecule has 0 saturated carbocycles. The average molecular weight is 338 g/mol. The number of carbonyl (C=O) groups is 2. The molecule has 1 heterocycles. The molecule has 0 aliphatic rings. The number of benzene rings is 1. The summed E-state index contributed by atoms with van der Waals surface area (Å²) in [5, 5.41) is 0.